The third-order valence-corrected chi connectivity index (χ3v) is 4.85. The molecule has 0 spiro atoms. The quantitative estimate of drug-likeness (QED) is 0.876. The average Bonchev–Trinajstić information content (AvgIpc) is 2.37. The zero-order chi connectivity index (χ0) is 15.6. The van der Waals surface area contributed by atoms with Gasteiger partial charge in [0.15, 0.2) is 11.5 Å². The first-order valence-corrected chi connectivity index (χ1v) is 7.67. The Labute approximate surface area is 132 Å². The van der Waals surface area contributed by atoms with Crippen molar-refractivity contribution in [2.45, 2.75) is 31.3 Å². The van der Waals surface area contributed by atoms with Crippen molar-refractivity contribution in [3.05, 3.63) is 22.7 Å². The summed E-state index contributed by atoms with van der Waals surface area (Å²) in [5, 5.41) is 10.1. The number of nitrogens with zero attached hydrogens (tertiary/aromatic N) is 2. The van der Waals surface area contributed by atoms with Crippen molar-refractivity contribution in [2.24, 2.45) is 0 Å². The summed E-state index contributed by atoms with van der Waals surface area (Å²) < 4.78 is 5.16. The van der Waals surface area contributed by atoms with E-state index in [0.717, 1.165) is 18.7 Å². The van der Waals surface area contributed by atoms with Crippen LogP contribution in [0.2, 0.25) is 5.02 Å². The zero-order valence-corrected chi connectivity index (χ0v) is 14.1. The normalized spacial score (nSPS) is 17.1. The van der Waals surface area contributed by atoms with Crippen LogP contribution in [0.4, 0.5) is 0 Å². The van der Waals surface area contributed by atoms with Gasteiger partial charge in [0.05, 0.1) is 12.1 Å². The summed E-state index contributed by atoms with van der Waals surface area (Å²) in [5.41, 5.74) is 1.35. The van der Waals surface area contributed by atoms with Crippen molar-refractivity contribution in [3.63, 3.8) is 0 Å². The highest BCUT2D eigenvalue weighted by Gasteiger charge is 2.39. The number of phenols is 1. The van der Waals surface area contributed by atoms with E-state index < -0.39 is 0 Å². The van der Waals surface area contributed by atoms with Crippen LogP contribution in [0.15, 0.2) is 12.1 Å². The van der Waals surface area contributed by atoms with Crippen LogP contribution >= 0.6 is 11.6 Å². The molecule has 4 nitrogen and oxygen atoms in total. The van der Waals surface area contributed by atoms with E-state index in [2.05, 4.69) is 30.9 Å². The van der Waals surface area contributed by atoms with E-state index in [1.165, 1.54) is 26.4 Å². The molecule has 0 unspecified atom stereocenters. The Morgan fingerprint density at radius 1 is 1.29 bits per heavy atom. The van der Waals surface area contributed by atoms with Crippen molar-refractivity contribution in [1.82, 2.24) is 9.80 Å². The molecule has 0 heterocycles. The maximum atomic E-state index is 9.79. The van der Waals surface area contributed by atoms with E-state index in [9.17, 15) is 5.11 Å². The van der Waals surface area contributed by atoms with Crippen molar-refractivity contribution in [3.8, 4) is 11.5 Å². The van der Waals surface area contributed by atoms with Crippen molar-refractivity contribution in [1.29, 1.82) is 0 Å². The summed E-state index contributed by atoms with van der Waals surface area (Å²) in [6.07, 6.45) is 3.82. The summed E-state index contributed by atoms with van der Waals surface area (Å²) in [7, 11) is 7.98. The number of hydrogen-bond donors (Lipinski definition) is 1. The number of aromatic hydroxyl groups is 1. The second-order valence-corrected chi connectivity index (χ2v) is 6.68. The monoisotopic (exact) mass is 312 g/mol. The average molecular weight is 313 g/mol. The summed E-state index contributed by atoms with van der Waals surface area (Å²) in [6.45, 7) is 1.81. The third kappa shape index (κ3) is 3.44. The first kappa shape index (κ1) is 16.4. The highest BCUT2D eigenvalue weighted by molar-refractivity contribution is 6.32. The molecule has 118 valence electrons. The number of likely N-dealkylation sites (N-methyl/N-ethyl adjacent to an activating group) is 2. The maximum absolute atomic E-state index is 9.79. The van der Waals surface area contributed by atoms with E-state index in [1.807, 2.05) is 6.07 Å². The smallest absolute Gasteiger partial charge is 0.176 e. The Morgan fingerprint density at radius 3 is 2.43 bits per heavy atom. The van der Waals surface area contributed by atoms with Gasteiger partial charge in [-0.1, -0.05) is 11.6 Å². The van der Waals surface area contributed by atoms with Gasteiger partial charge in [0.25, 0.3) is 0 Å². The molecule has 1 aliphatic rings. The molecule has 0 saturated heterocycles. The number of ether oxygens (including phenoxy) is 1. The van der Waals surface area contributed by atoms with Gasteiger partial charge in [-0.3, -0.25) is 0 Å². The highest BCUT2D eigenvalue weighted by atomic mass is 35.5. The summed E-state index contributed by atoms with van der Waals surface area (Å²) >= 11 is 6.05. The minimum absolute atomic E-state index is 0.00863. The van der Waals surface area contributed by atoms with Crippen LogP contribution in [0.25, 0.3) is 0 Å². The van der Waals surface area contributed by atoms with Crippen LogP contribution in [0.3, 0.4) is 0 Å². The number of methoxy groups -OCH3 is 1. The minimum Gasteiger partial charge on any atom is -0.503 e. The third-order valence-electron chi connectivity index (χ3n) is 4.56. The molecule has 1 aromatic rings. The molecule has 0 bridgehead atoms. The van der Waals surface area contributed by atoms with E-state index in [0.29, 0.717) is 16.3 Å². The molecule has 5 heteroatoms. The van der Waals surface area contributed by atoms with Gasteiger partial charge in [-0.25, -0.2) is 0 Å². The lowest BCUT2D eigenvalue weighted by Gasteiger charge is -2.49. The van der Waals surface area contributed by atoms with Crippen LogP contribution in [0.5, 0.6) is 11.5 Å². The van der Waals surface area contributed by atoms with Gasteiger partial charge in [-0.2, -0.15) is 0 Å². The molecular weight excluding hydrogens is 288 g/mol. The fraction of sp³-hybridized carbons (Fsp3) is 0.625. The molecule has 1 N–H and O–H groups in total. The molecule has 0 aromatic heterocycles. The number of halogens is 1. The molecule has 1 aliphatic carbocycles. The van der Waals surface area contributed by atoms with E-state index in [4.69, 9.17) is 16.3 Å². The molecule has 0 atom stereocenters. The molecule has 0 amide bonds. The number of benzene rings is 1. The van der Waals surface area contributed by atoms with Crippen molar-refractivity contribution in [2.75, 3.05) is 34.8 Å². The second kappa shape index (κ2) is 6.42. The van der Waals surface area contributed by atoms with Gasteiger partial charge in [0.2, 0.25) is 0 Å². The first-order chi connectivity index (χ1) is 9.88. The molecule has 0 radical (unpaired) electrons. The number of rotatable bonds is 6. The molecule has 21 heavy (non-hydrogen) atoms. The standard InChI is InChI=1S/C16H25ClN2O2/c1-18(2)16(6-5-7-16)11-19(3)10-12-8-13(17)15(20)14(9-12)21-4/h8-9,20H,5-7,10-11H2,1-4H3. The largest absolute Gasteiger partial charge is 0.503 e. The van der Waals surface area contributed by atoms with Crippen LogP contribution < -0.4 is 4.74 Å². The lowest BCUT2D eigenvalue weighted by Crippen LogP contribution is -2.56. The van der Waals surface area contributed by atoms with Crippen molar-refractivity contribution >= 4 is 11.6 Å². The van der Waals surface area contributed by atoms with Gasteiger partial charge in [0.1, 0.15) is 0 Å². The SMILES string of the molecule is COc1cc(CN(C)CC2(N(C)C)CCC2)cc(Cl)c1O. The lowest BCUT2D eigenvalue weighted by atomic mass is 9.75. The van der Waals surface area contributed by atoms with Gasteiger partial charge in [-0.15, -0.1) is 0 Å². The van der Waals surface area contributed by atoms with Gasteiger partial charge >= 0.3 is 0 Å². The molecule has 1 aromatic carbocycles. The van der Waals surface area contributed by atoms with Gasteiger partial charge < -0.3 is 19.6 Å². The van der Waals surface area contributed by atoms with Crippen LogP contribution in [0, 0.1) is 0 Å². The second-order valence-electron chi connectivity index (χ2n) is 6.27. The number of hydrogen-bond acceptors (Lipinski definition) is 4. The van der Waals surface area contributed by atoms with E-state index >= 15 is 0 Å². The molecule has 2 rings (SSSR count). The lowest BCUT2D eigenvalue weighted by molar-refractivity contribution is 0.0259. The Kier molecular flexibility index (Phi) is 5.02. The van der Waals surface area contributed by atoms with Crippen molar-refractivity contribution < 1.29 is 9.84 Å². The van der Waals surface area contributed by atoms with E-state index in [1.54, 1.807) is 6.07 Å². The van der Waals surface area contributed by atoms with Gasteiger partial charge in [-0.05, 0) is 58.1 Å². The number of phenolic OH excluding ortho intramolecular Hbond substituents is 1. The minimum atomic E-state index is 0.00863. The predicted octanol–water partition coefficient (Wildman–Crippen LogP) is 2.97. The van der Waals surface area contributed by atoms with Gasteiger partial charge in [0, 0.05) is 18.6 Å². The Balaban J connectivity index is 2.06. The van der Waals surface area contributed by atoms with E-state index in [-0.39, 0.29) is 5.75 Å². The summed E-state index contributed by atoms with van der Waals surface area (Å²) in [4.78, 5) is 4.65. The Morgan fingerprint density at radius 2 is 1.95 bits per heavy atom. The zero-order valence-electron chi connectivity index (χ0n) is 13.3. The summed E-state index contributed by atoms with van der Waals surface area (Å²) in [5.74, 6) is 0.436. The Hall–Kier alpha value is -0.970. The topological polar surface area (TPSA) is 35.9 Å². The van der Waals surface area contributed by atoms with Crippen LogP contribution in [-0.2, 0) is 6.54 Å². The predicted molar refractivity (Wildman–Crippen MR) is 86.3 cm³/mol. The Bertz CT molecular complexity index is 501. The molecular formula is C16H25ClN2O2. The fourth-order valence-electron chi connectivity index (χ4n) is 3.08. The van der Waals surface area contributed by atoms with Crippen LogP contribution in [-0.4, -0.2) is 55.2 Å². The fourth-order valence-corrected chi connectivity index (χ4v) is 3.31. The molecule has 1 saturated carbocycles. The summed E-state index contributed by atoms with van der Waals surface area (Å²) in [6, 6.07) is 3.65. The maximum Gasteiger partial charge on any atom is 0.176 e. The first-order valence-electron chi connectivity index (χ1n) is 7.29. The molecule has 0 aliphatic heterocycles. The van der Waals surface area contributed by atoms with Crippen LogP contribution in [0.1, 0.15) is 24.8 Å². The molecule has 1 fully saturated rings. The highest BCUT2D eigenvalue weighted by Crippen LogP contribution is 2.38.